The van der Waals surface area contributed by atoms with Crippen LogP contribution in [0.15, 0.2) is 0 Å². The predicted molar refractivity (Wildman–Crippen MR) is 77.2 cm³/mol. The van der Waals surface area contributed by atoms with E-state index in [4.69, 9.17) is 10.5 Å². The van der Waals surface area contributed by atoms with Crippen molar-refractivity contribution in [3.63, 3.8) is 0 Å². The molecule has 0 radical (unpaired) electrons. The van der Waals surface area contributed by atoms with Crippen LogP contribution in [0, 0.1) is 5.92 Å². The summed E-state index contributed by atoms with van der Waals surface area (Å²) in [5.41, 5.74) is 4.67. The maximum atomic E-state index is 12.2. The lowest BCUT2D eigenvalue weighted by Crippen LogP contribution is -2.59. The van der Waals surface area contributed by atoms with Gasteiger partial charge < -0.3 is 20.7 Å². The second kappa shape index (κ2) is 6.43. The summed E-state index contributed by atoms with van der Waals surface area (Å²) in [5, 5.41) is 3.14. The van der Waals surface area contributed by atoms with E-state index in [1.165, 1.54) is 0 Å². The van der Waals surface area contributed by atoms with E-state index in [1.54, 1.807) is 4.90 Å². The monoisotopic (exact) mass is 285 g/mol. The number of likely N-dealkylation sites (tertiary alicyclic amines) is 1. The van der Waals surface area contributed by atoms with Crippen molar-refractivity contribution in [3.05, 3.63) is 0 Å². The van der Waals surface area contributed by atoms with Crippen molar-refractivity contribution < 1.29 is 14.3 Å². The number of nitrogens with two attached hydrogens (primary N) is 1. The highest BCUT2D eigenvalue weighted by Crippen LogP contribution is 2.24. The van der Waals surface area contributed by atoms with Gasteiger partial charge in [0.1, 0.15) is 5.60 Å². The first-order valence-electron chi connectivity index (χ1n) is 7.13. The Morgan fingerprint density at radius 1 is 1.35 bits per heavy atom. The van der Waals surface area contributed by atoms with E-state index in [0.717, 1.165) is 6.42 Å². The number of nitrogens with zero attached hydrogens (tertiary/aromatic N) is 1. The molecule has 0 aliphatic carbocycles. The SMILES string of the molecule is C[C@@H]1CCN(C(=O)OC(C)(C)C)[C@H](C)[C@H]1NCC(N)=O. The van der Waals surface area contributed by atoms with Crippen LogP contribution in [0.3, 0.4) is 0 Å². The minimum absolute atomic E-state index is 0.0343. The number of hydrogen-bond donors (Lipinski definition) is 2. The van der Waals surface area contributed by atoms with Gasteiger partial charge in [-0.2, -0.15) is 0 Å². The van der Waals surface area contributed by atoms with Gasteiger partial charge >= 0.3 is 6.09 Å². The Labute approximate surface area is 121 Å². The summed E-state index contributed by atoms with van der Waals surface area (Å²) in [6.45, 7) is 10.4. The molecular formula is C14H27N3O3. The van der Waals surface area contributed by atoms with Crippen LogP contribution in [-0.4, -0.2) is 47.7 Å². The normalized spacial score (nSPS) is 27.2. The third kappa shape index (κ3) is 4.67. The van der Waals surface area contributed by atoms with Gasteiger partial charge in [0.15, 0.2) is 0 Å². The minimum atomic E-state index is -0.504. The van der Waals surface area contributed by atoms with Gasteiger partial charge in [-0.1, -0.05) is 6.92 Å². The van der Waals surface area contributed by atoms with E-state index in [1.807, 2.05) is 27.7 Å². The smallest absolute Gasteiger partial charge is 0.410 e. The van der Waals surface area contributed by atoms with E-state index < -0.39 is 11.5 Å². The van der Waals surface area contributed by atoms with Gasteiger partial charge in [-0.25, -0.2) is 4.79 Å². The van der Waals surface area contributed by atoms with Crippen LogP contribution < -0.4 is 11.1 Å². The standard InChI is InChI=1S/C14H27N3O3/c1-9-6-7-17(13(19)20-14(3,4)5)10(2)12(9)16-8-11(15)18/h9-10,12,16H,6-8H2,1-5H3,(H2,15,18)/t9-,10-,12+/m1/s1. The number of nitrogens with one attached hydrogen (secondary N) is 1. The van der Waals surface area contributed by atoms with Gasteiger partial charge in [0, 0.05) is 18.6 Å². The van der Waals surface area contributed by atoms with Crippen LogP contribution in [-0.2, 0) is 9.53 Å². The molecule has 6 heteroatoms. The molecule has 0 spiro atoms. The molecule has 0 aromatic carbocycles. The molecule has 0 aromatic rings. The van der Waals surface area contributed by atoms with Crippen molar-refractivity contribution in [3.8, 4) is 0 Å². The maximum absolute atomic E-state index is 12.2. The molecule has 0 unspecified atom stereocenters. The first kappa shape index (κ1) is 16.8. The molecule has 2 amide bonds. The number of carbonyl (C=O) groups is 2. The van der Waals surface area contributed by atoms with Gasteiger partial charge in [-0.15, -0.1) is 0 Å². The molecule has 1 rings (SSSR count). The lowest BCUT2D eigenvalue weighted by Gasteiger charge is -2.43. The summed E-state index contributed by atoms with van der Waals surface area (Å²) in [6.07, 6.45) is 0.572. The van der Waals surface area contributed by atoms with Crippen LogP contribution in [0.1, 0.15) is 41.0 Å². The van der Waals surface area contributed by atoms with E-state index in [9.17, 15) is 9.59 Å². The Morgan fingerprint density at radius 2 is 1.95 bits per heavy atom. The molecule has 0 bridgehead atoms. The summed E-state index contributed by atoms with van der Waals surface area (Å²) in [4.78, 5) is 24.8. The summed E-state index contributed by atoms with van der Waals surface area (Å²) >= 11 is 0. The van der Waals surface area contributed by atoms with Crippen LogP contribution in [0.25, 0.3) is 0 Å². The first-order valence-corrected chi connectivity index (χ1v) is 7.13. The average Bonchev–Trinajstić information content (AvgIpc) is 2.25. The molecule has 0 aromatic heterocycles. The molecule has 0 saturated carbocycles. The van der Waals surface area contributed by atoms with Crippen molar-refractivity contribution in [1.29, 1.82) is 0 Å². The van der Waals surface area contributed by atoms with E-state index >= 15 is 0 Å². The number of amides is 2. The number of piperidine rings is 1. The van der Waals surface area contributed by atoms with Crippen molar-refractivity contribution >= 4 is 12.0 Å². The third-order valence-electron chi connectivity index (χ3n) is 3.59. The van der Waals surface area contributed by atoms with Gasteiger partial charge in [-0.05, 0) is 40.0 Å². The molecule has 1 fully saturated rings. The number of ether oxygens (including phenoxy) is 1. The number of primary amides is 1. The second-order valence-electron chi connectivity index (χ2n) is 6.55. The Kier molecular flexibility index (Phi) is 5.39. The number of hydrogen-bond acceptors (Lipinski definition) is 4. The summed E-state index contributed by atoms with van der Waals surface area (Å²) < 4.78 is 5.42. The highest BCUT2D eigenvalue weighted by molar-refractivity contribution is 5.76. The highest BCUT2D eigenvalue weighted by atomic mass is 16.6. The van der Waals surface area contributed by atoms with Crippen molar-refractivity contribution in [2.24, 2.45) is 11.7 Å². The zero-order valence-electron chi connectivity index (χ0n) is 13.1. The van der Waals surface area contributed by atoms with Gasteiger partial charge in [0.25, 0.3) is 0 Å². The molecular weight excluding hydrogens is 258 g/mol. The van der Waals surface area contributed by atoms with Crippen LogP contribution in [0.5, 0.6) is 0 Å². The fraction of sp³-hybridized carbons (Fsp3) is 0.857. The largest absolute Gasteiger partial charge is 0.444 e. The summed E-state index contributed by atoms with van der Waals surface area (Å²) in [7, 11) is 0. The maximum Gasteiger partial charge on any atom is 0.410 e. The van der Waals surface area contributed by atoms with Gasteiger partial charge in [-0.3, -0.25) is 4.79 Å². The second-order valence-corrected chi connectivity index (χ2v) is 6.55. The van der Waals surface area contributed by atoms with Gasteiger partial charge in [0.05, 0.1) is 6.54 Å². The molecule has 1 saturated heterocycles. The van der Waals surface area contributed by atoms with Crippen molar-refractivity contribution in [1.82, 2.24) is 10.2 Å². The summed E-state index contributed by atoms with van der Waals surface area (Å²) in [5.74, 6) is -0.0122. The molecule has 116 valence electrons. The van der Waals surface area contributed by atoms with E-state index in [0.29, 0.717) is 12.5 Å². The third-order valence-corrected chi connectivity index (χ3v) is 3.59. The number of rotatable bonds is 3. The Morgan fingerprint density at radius 3 is 2.45 bits per heavy atom. The zero-order valence-corrected chi connectivity index (χ0v) is 13.1. The number of carbonyl (C=O) groups excluding carboxylic acids is 2. The fourth-order valence-corrected chi connectivity index (χ4v) is 2.56. The van der Waals surface area contributed by atoms with Crippen LogP contribution in [0.4, 0.5) is 4.79 Å². The zero-order chi connectivity index (χ0) is 15.5. The molecule has 20 heavy (non-hydrogen) atoms. The molecule has 1 aliphatic heterocycles. The van der Waals surface area contributed by atoms with Crippen LogP contribution in [0.2, 0.25) is 0 Å². The van der Waals surface area contributed by atoms with Gasteiger partial charge in [0.2, 0.25) is 5.91 Å². The van der Waals surface area contributed by atoms with E-state index in [2.05, 4.69) is 12.2 Å². The lowest BCUT2D eigenvalue weighted by molar-refractivity contribution is -0.117. The molecule has 1 heterocycles. The molecule has 3 atom stereocenters. The Balaban J connectivity index is 2.70. The Bertz CT molecular complexity index is 365. The summed E-state index contributed by atoms with van der Waals surface area (Å²) in [6, 6.07) is 0.0109. The quantitative estimate of drug-likeness (QED) is 0.813. The van der Waals surface area contributed by atoms with Crippen molar-refractivity contribution in [2.75, 3.05) is 13.1 Å². The van der Waals surface area contributed by atoms with Crippen molar-refractivity contribution in [2.45, 2.75) is 58.7 Å². The van der Waals surface area contributed by atoms with Crippen LogP contribution >= 0.6 is 0 Å². The molecule has 3 N–H and O–H groups in total. The predicted octanol–water partition coefficient (Wildman–Crippen LogP) is 1.10. The van der Waals surface area contributed by atoms with E-state index in [-0.39, 0.29) is 24.7 Å². The fourth-order valence-electron chi connectivity index (χ4n) is 2.56. The average molecular weight is 285 g/mol. The highest BCUT2D eigenvalue weighted by Gasteiger charge is 2.37. The minimum Gasteiger partial charge on any atom is -0.444 e. The Hall–Kier alpha value is -1.30. The topological polar surface area (TPSA) is 84.7 Å². The molecule has 6 nitrogen and oxygen atoms in total. The first-order chi connectivity index (χ1) is 9.11. The molecule has 1 aliphatic rings. The lowest BCUT2D eigenvalue weighted by atomic mass is 9.87.